The van der Waals surface area contributed by atoms with E-state index in [1.807, 2.05) is 67.8 Å². The lowest BCUT2D eigenvalue weighted by Crippen LogP contribution is -2.18. The Bertz CT molecular complexity index is 145. The number of hydrogen-bond donors (Lipinski definition) is 0. The minimum absolute atomic E-state index is 0.191. The second kappa shape index (κ2) is 2.83. The zero-order valence-electron chi connectivity index (χ0n) is 3.94. The smallest absolute Gasteiger partial charge is 0.414 e. The van der Waals surface area contributed by atoms with Crippen LogP contribution in [0.5, 0.6) is 0 Å². The molecule has 0 aliphatic carbocycles. The van der Waals surface area contributed by atoms with Gasteiger partial charge in [-0.05, 0) is 67.8 Å². The van der Waals surface area contributed by atoms with Crippen molar-refractivity contribution in [1.29, 1.82) is 0 Å². The van der Waals surface area contributed by atoms with Crippen LogP contribution in [0.4, 0.5) is 4.79 Å². The first-order valence-electron chi connectivity index (χ1n) is 1.94. The van der Waals surface area contributed by atoms with E-state index in [0.29, 0.717) is 0 Å². The van der Waals surface area contributed by atoms with Gasteiger partial charge in [-0.2, -0.15) is 0 Å². The fourth-order valence-electron chi connectivity index (χ4n) is 0.335. The van der Waals surface area contributed by atoms with Gasteiger partial charge in [0.2, 0.25) is 4.11 Å². The Hall–Kier alpha value is 1.46. The third-order valence-corrected chi connectivity index (χ3v) is 5.77. The van der Waals surface area contributed by atoms with Gasteiger partial charge in [0.1, 0.15) is 0 Å². The summed E-state index contributed by atoms with van der Waals surface area (Å²) in [6.07, 6.45) is -0.585. The fraction of sp³-hybridized carbons (Fsp3) is 0.667. The van der Waals surface area contributed by atoms with Crippen molar-refractivity contribution in [3.8, 4) is 0 Å². The molecule has 1 aliphatic heterocycles. The molecule has 0 N–H and O–H groups in total. The third kappa shape index (κ3) is 1.94. The normalized spacial score (nSPS) is 31.4. The van der Waals surface area contributed by atoms with Crippen molar-refractivity contribution in [2.24, 2.45) is 0 Å². The summed E-state index contributed by atoms with van der Waals surface area (Å²) < 4.78 is 8.74. The average Bonchev–Trinajstić information content (AvgIpc) is 1.79. The van der Waals surface area contributed by atoms with Crippen LogP contribution in [0.1, 0.15) is 0 Å². The molecule has 0 aromatic rings. The molecule has 0 aromatic carbocycles. The van der Waals surface area contributed by atoms with Crippen molar-refractivity contribution in [3.05, 3.63) is 0 Å². The summed E-state index contributed by atoms with van der Waals surface area (Å²) in [7, 11) is 0. The predicted molar refractivity (Wildman–Crippen MR) is 56.1 cm³/mol. The molecule has 52 valence electrons. The molecule has 0 radical (unpaired) electrons. The Labute approximate surface area is 92.6 Å². The number of halogens is 3. The van der Waals surface area contributed by atoms with Crippen molar-refractivity contribution in [2.45, 2.75) is 5.73 Å². The molecule has 1 unspecified atom stereocenters. The molecular formula is C3HI3O3. The van der Waals surface area contributed by atoms with E-state index < -0.39 is 7.77 Å². The highest BCUT2D eigenvalue weighted by atomic mass is 127. The second-order valence-electron chi connectivity index (χ2n) is 1.35. The number of hydrogen-bond acceptors (Lipinski definition) is 3. The van der Waals surface area contributed by atoms with Gasteiger partial charge in [-0.15, -0.1) is 0 Å². The first-order chi connectivity index (χ1) is 4.02. The highest BCUT2D eigenvalue weighted by Gasteiger charge is 2.45. The van der Waals surface area contributed by atoms with Gasteiger partial charge >= 0.3 is 6.16 Å². The number of carbonyl (C=O) groups excluding carboxylic acids is 1. The van der Waals surface area contributed by atoms with Crippen LogP contribution in [0.25, 0.3) is 0 Å². The number of alkyl halides is 3. The first-order valence-corrected chi connectivity index (χ1v) is 5.34. The first kappa shape index (κ1) is 8.56. The molecule has 1 saturated heterocycles. The number of ether oxygens (including phenoxy) is 2. The summed E-state index contributed by atoms with van der Waals surface area (Å²) in [5.41, 5.74) is 0. The van der Waals surface area contributed by atoms with Gasteiger partial charge in [0.15, 0.2) is 0 Å². The number of carbonyl (C=O) groups is 1. The SMILES string of the molecule is O=C1OC(I)C(I)(I)O1. The Morgan fingerprint density at radius 1 is 1.56 bits per heavy atom. The van der Waals surface area contributed by atoms with E-state index >= 15 is 0 Å². The molecule has 6 heteroatoms. The molecule has 0 bridgehead atoms. The molecule has 1 aliphatic rings. The maximum atomic E-state index is 10.4. The lowest BCUT2D eigenvalue weighted by atomic mass is 10.8. The van der Waals surface area contributed by atoms with E-state index in [0.717, 1.165) is 0 Å². The van der Waals surface area contributed by atoms with Gasteiger partial charge in [-0.3, -0.25) is 0 Å². The van der Waals surface area contributed by atoms with Gasteiger partial charge in [0.25, 0.3) is 1.61 Å². The molecule has 1 rings (SSSR count). The monoisotopic (exact) mass is 466 g/mol. The highest BCUT2D eigenvalue weighted by molar-refractivity contribution is 14.2. The molecular weight excluding hydrogens is 465 g/mol. The van der Waals surface area contributed by atoms with Crippen molar-refractivity contribution >= 4 is 73.9 Å². The van der Waals surface area contributed by atoms with E-state index in [9.17, 15) is 4.79 Å². The van der Waals surface area contributed by atoms with Gasteiger partial charge < -0.3 is 9.47 Å². The number of rotatable bonds is 0. The topological polar surface area (TPSA) is 35.5 Å². The van der Waals surface area contributed by atoms with Crippen LogP contribution in [0, 0.1) is 0 Å². The van der Waals surface area contributed by atoms with Crippen LogP contribution >= 0.6 is 67.8 Å². The van der Waals surface area contributed by atoms with Gasteiger partial charge in [-0.1, -0.05) is 0 Å². The largest absolute Gasteiger partial charge is 0.511 e. The minimum atomic E-state index is -0.585. The fourth-order valence-corrected chi connectivity index (χ4v) is 1.28. The Morgan fingerprint density at radius 2 is 2.11 bits per heavy atom. The third-order valence-electron chi connectivity index (χ3n) is 0.683. The zero-order valence-corrected chi connectivity index (χ0v) is 10.4. The summed E-state index contributed by atoms with van der Waals surface area (Å²) >= 11 is 6.04. The Kier molecular flexibility index (Phi) is 2.69. The summed E-state index contributed by atoms with van der Waals surface area (Å²) in [5, 5.41) is 0. The molecule has 1 atom stereocenters. The maximum absolute atomic E-state index is 10.4. The molecule has 1 heterocycles. The van der Waals surface area contributed by atoms with E-state index in [4.69, 9.17) is 4.74 Å². The van der Waals surface area contributed by atoms with Gasteiger partial charge in [0, 0.05) is 0 Å². The van der Waals surface area contributed by atoms with Crippen LogP contribution in [0.3, 0.4) is 0 Å². The quantitative estimate of drug-likeness (QED) is 0.313. The lowest BCUT2D eigenvalue weighted by molar-refractivity contribution is 0.128. The molecule has 0 amide bonds. The van der Waals surface area contributed by atoms with Crippen LogP contribution in [-0.4, -0.2) is 11.9 Å². The molecule has 9 heavy (non-hydrogen) atoms. The van der Waals surface area contributed by atoms with Crippen molar-refractivity contribution in [3.63, 3.8) is 0 Å². The summed E-state index contributed by atoms with van der Waals surface area (Å²) in [6, 6.07) is 0. The Balaban J connectivity index is 2.69. The summed E-state index contributed by atoms with van der Waals surface area (Å²) in [5.74, 6) is 0. The molecule has 0 saturated carbocycles. The predicted octanol–water partition coefficient (Wildman–Crippen LogP) is 2.44. The molecule has 3 nitrogen and oxygen atoms in total. The average molecular weight is 466 g/mol. The second-order valence-corrected chi connectivity index (χ2v) is 7.75. The standard InChI is InChI=1S/C3HI3O3/c4-1-3(5,6)9-2(7)8-1/h1H. The molecule has 0 aromatic heterocycles. The highest BCUT2D eigenvalue weighted by Crippen LogP contribution is 2.42. The molecule has 0 spiro atoms. The van der Waals surface area contributed by atoms with Crippen LogP contribution < -0.4 is 0 Å². The van der Waals surface area contributed by atoms with Crippen molar-refractivity contribution in [2.75, 3.05) is 0 Å². The summed E-state index contributed by atoms with van der Waals surface area (Å²) in [6.45, 7) is 0. The lowest BCUT2D eigenvalue weighted by Gasteiger charge is -2.10. The minimum Gasteiger partial charge on any atom is -0.414 e. The van der Waals surface area contributed by atoms with E-state index in [-0.39, 0.29) is 4.11 Å². The van der Waals surface area contributed by atoms with Crippen molar-refractivity contribution in [1.82, 2.24) is 0 Å². The maximum Gasteiger partial charge on any atom is 0.511 e. The number of cyclic esters (lactones) is 2. The summed E-state index contributed by atoms with van der Waals surface area (Å²) in [4.78, 5) is 10.4. The van der Waals surface area contributed by atoms with Gasteiger partial charge in [0.05, 0.1) is 0 Å². The van der Waals surface area contributed by atoms with E-state index in [1.165, 1.54) is 0 Å². The van der Waals surface area contributed by atoms with E-state index in [1.54, 1.807) is 0 Å². The van der Waals surface area contributed by atoms with Gasteiger partial charge in [-0.25, -0.2) is 4.79 Å². The van der Waals surface area contributed by atoms with E-state index in [2.05, 4.69) is 4.74 Å². The van der Waals surface area contributed by atoms with Crippen LogP contribution in [0.15, 0.2) is 0 Å². The van der Waals surface area contributed by atoms with Crippen molar-refractivity contribution < 1.29 is 14.3 Å². The molecule has 1 fully saturated rings. The Morgan fingerprint density at radius 3 is 2.22 bits per heavy atom. The van der Waals surface area contributed by atoms with Crippen LogP contribution in [0.2, 0.25) is 0 Å². The van der Waals surface area contributed by atoms with Crippen LogP contribution in [-0.2, 0) is 9.47 Å². The zero-order chi connectivity index (χ0) is 7.07.